The van der Waals surface area contributed by atoms with E-state index in [9.17, 15) is 14.7 Å². The van der Waals surface area contributed by atoms with E-state index in [4.69, 9.17) is 8.22 Å². The molecule has 0 radical (unpaired) electrons. The molecule has 26 heavy (non-hydrogen) atoms. The molecule has 7 heteroatoms. The van der Waals surface area contributed by atoms with Crippen LogP contribution in [0.5, 0.6) is 5.75 Å². The van der Waals surface area contributed by atoms with Crippen LogP contribution < -0.4 is 10.9 Å². The molecule has 0 aliphatic carbocycles. The second kappa shape index (κ2) is 8.22. The number of carbonyl (C=O) groups excluding carboxylic acids is 1. The molecule has 2 aromatic heterocycles. The number of aromatic nitrogens is 1. The molecule has 1 saturated heterocycles. The van der Waals surface area contributed by atoms with Gasteiger partial charge in [-0.1, -0.05) is 6.37 Å². The Morgan fingerprint density at radius 3 is 3.04 bits per heavy atom. The minimum atomic E-state index is -2.52. The fourth-order valence-electron chi connectivity index (χ4n) is 3.14. The molecule has 6 nitrogen and oxygen atoms in total. The zero-order valence-corrected chi connectivity index (χ0v) is 15.5. The number of pyridine rings is 1. The minimum Gasteiger partial charge on any atom is -0.506 e. The first-order valence-corrected chi connectivity index (χ1v) is 9.51. The summed E-state index contributed by atoms with van der Waals surface area (Å²) in [5.74, 6) is -1.35. The van der Waals surface area contributed by atoms with Crippen LogP contribution in [0.4, 0.5) is 0 Å². The number of piperidine rings is 1. The smallest absolute Gasteiger partial charge is 0.268 e. The van der Waals surface area contributed by atoms with Crippen molar-refractivity contribution in [3.05, 3.63) is 27.3 Å². The molecule has 0 bridgehead atoms. The van der Waals surface area contributed by atoms with Gasteiger partial charge < -0.3 is 15.3 Å². The maximum Gasteiger partial charge on any atom is 0.268 e. The van der Waals surface area contributed by atoms with Crippen LogP contribution in [0.3, 0.4) is 0 Å². The molecular formula is C19H27N3O3S. The van der Waals surface area contributed by atoms with Gasteiger partial charge in [0, 0.05) is 19.4 Å². The number of likely N-dealkylation sites (tertiary alicyclic amines) is 1. The van der Waals surface area contributed by atoms with Crippen molar-refractivity contribution in [1.29, 1.82) is 0 Å². The summed E-state index contributed by atoms with van der Waals surface area (Å²) >= 11 is 0.865. The van der Waals surface area contributed by atoms with Crippen LogP contribution in [-0.4, -0.2) is 46.7 Å². The van der Waals surface area contributed by atoms with Gasteiger partial charge in [-0.25, -0.2) is 0 Å². The lowest BCUT2D eigenvalue weighted by atomic mass is 10.1. The Hall–Kier alpha value is -1.86. The van der Waals surface area contributed by atoms with E-state index < -0.39 is 42.0 Å². The Labute approximate surface area is 165 Å². The standard InChI is InChI=1S/C19H27N3O3S/c1-13(2)22-18(25)15(16(23)14-7-12-26-19(14)22)17(24)20-8-6-11-21-9-4-3-5-10-21/h7,12-13,23H,3-6,8-11H2,1-2H3,(H,20,24)/i1D3,3D2,12D. The highest BCUT2D eigenvalue weighted by atomic mass is 32.1. The topological polar surface area (TPSA) is 74.6 Å². The van der Waals surface area contributed by atoms with E-state index in [1.807, 2.05) is 0 Å². The largest absolute Gasteiger partial charge is 0.506 e. The minimum absolute atomic E-state index is 0.0321. The molecule has 3 heterocycles. The predicted octanol–water partition coefficient (Wildman–Crippen LogP) is 2.96. The number of rotatable bonds is 6. The number of nitrogens with zero attached hydrogens (tertiary/aromatic N) is 2. The highest BCUT2D eigenvalue weighted by Gasteiger charge is 2.23. The molecule has 1 amide bonds. The highest BCUT2D eigenvalue weighted by Crippen LogP contribution is 2.31. The number of fused-ring (bicyclic) bond motifs is 1. The summed E-state index contributed by atoms with van der Waals surface area (Å²) in [6.45, 7) is 1.01. The van der Waals surface area contributed by atoms with Crippen LogP contribution in [0.25, 0.3) is 10.2 Å². The lowest BCUT2D eigenvalue weighted by Crippen LogP contribution is -2.36. The van der Waals surface area contributed by atoms with Gasteiger partial charge in [0.1, 0.15) is 16.1 Å². The average molecular weight is 384 g/mol. The third-order valence-electron chi connectivity index (χ3n) is 4.49. The van der Waals surface area contributed by atoms with E-state index >= 15 is 0 Å². The van der Waals surface area contributed by atoms with E-state index in [0.717, 1.165) is 15.9 Å². The number of aromatic hydroxyl groups is 1. The molecule has 1 unspecified atom stereocenters. The van der Waals surface area contributed by atoms with Gasteiger partial charge in [-0.2, -0.15) is 0 Å². The van der Waals surface area contributed by atoms with Crippen molar-refractivity contribution < 1.29 is 18.1 Å². The van der Waals surface area contributed by atoms with E-state index in [1.54, 1.807) is 0 Å². The molecule has 1 aliphatic heterocycles. The Kier molecular flexibility index (Phi) is 3.96. The number of hydrogen-bond acceptors (Lipinski definition) is 5. The molecule has 2 aromatic rings. The predicted molar refractivity (Wildman–Crippen MR) is 105 cm³/mol. The maximum atomic E-state index is 13.1. The molecule has 142 valence electrons. The molecule has 1 aliphatic rings. The van der Waals surface area contributed by atoms with Crippen LogP contribution in [-0.2, 0) is 0 Å². The fourth-order valence-corrected chi connectivity index (χ4v) is 4.04. The summed E-state index contributed by atoms with van der Waals surface area (Å²) < 4.78 is 47.4. The normalized spacial score (nSPS) is 22.5. The Morgan fingerprint density at radius 2 is 2.31 bits per heavy atom. The third kappa shape index (κ3) is 3.78. The van der Waals surface area contributed by atoms with Crippen LogP contribution in [0, 0.1) is 0 Å². The second-order valence-electron chi connectivity index (χ2n) is 6.36. The second-order valence-corrected chi connectivity index (χ2v) is 7.19. The van der Waals surface area contributed by atoms with Crippen molar-refractivity contribution in [3.63, 3.8) is 0 Å². The van der Waals surface area contributed by atoms with Crippen molar-refractivity contribution in [2.24, 2.45) is 0 Å². The van der Waals surface area contributed by atoms with Gasteiger partial charge in [0.15, 0.2) is 0 Å². The van der Waals surface area contributed by atoms with E-state index in [1.165, 1.54) is 13.0 Å². The lowest BCUT2D eigenvalue weighted by molar-refractivity contribution is 0.0946. The van der Waals surface area contributed by atoms with Crippen molar-refractivity contribution in [1.82, 2.24) is 14.8 Å². The number of amides is 1. The first-order chi connectivity index (χ1) is 14.8. The van der Waals surface area contributed by atoms with Gasteiger partial charge in [0.2, 0.25) is 0 Å². The van der Waals surface area contributed by atoms with Crippen LogP contribution in [0.2, 0.25) is 0 Å². The first-order valence-electron chi connectivity index (χ1n) is 11.7. The van der Waals surface area contributed by atoms with Gasteiger partial charge in [-0.3, -0.25) is 14.2 Å². The molecular weight excluding hydrogens is 350 g/mol. The molecule has 0 aromatic carbocycles. The molecule has 1 fully saturated rings. The summed E-state index contributed by atoms with van der Waals surface area (Å²) in [6, 6.07) is 0.0616. The Bertz CT molecular complexity index is 1060. The Morgan fingerprint density at radius 1 is 1.54 bits per heavy atom. The third-order valence-corrected chi connectivity index (χ3v) is 5.34. The lowest BCUT2D eigenvalue weighted by Gasteiger charge is -2.26. The van der Waals surface area contributed by atoms with Crippen LogP contribution in [0.1, 0.15) is 64.0 Å². The molecule has 0 saturated carbocycles. The fraction of sp³-hybridized carbons (Fsp3) is 0.579. The van der Waals surface area contributed by atoms with Crippen molar-refractivity contribution in [2.45, 2.75) is 45.5 Å². The summed E-state index contributed by atoms with van der Waals surface area (Å²) in [7, 11) is 0. The van der Waals surface area contributed by atoms with Gasteiger partial charge in [0.25, 0.3) is 11.5 Å². The number of hydrogen-bond donors (Lipinski definition) is 2. The van der Waals surface area contributed by atoms with Crippen molar-refractivity contribution >= 4 is 27.5 Å². The van der Waals surface area contributed by atoms with Gasteiger partial charge in [-0.15, -0.1) is 11.3 Å². The quantitative estimate of drug-likeness (QED) is 0.752. The van der Waals surface area contributed by atoms with E-state index in [2.05, 4.69) is 10.2 Å². The zero-order valence-electron chi connectivity index (χ0n) is 20.7. The van der Waals surface area contributed by atoms with Gasteiger partial charge in [0.05, 0.1) is 6.76 Å². The number of thiophene rings is 1. The molecule has 2 N–H and O–H groups in total. The van der Waals surface area contributed by atoms with Gasteiger partial charge >= 0.3 is 0 Å². The van der Waals surface area contributed by atoms with Crippen molar-refractivity contribution in [3.8, 4) is 5.75 Å². The number of carbonyl (C=O) groups is 1. The highest BCUT2D eigenvalue weighted by molar-refractivity contribution is 7.16. The first kappa shape index (κ1) is 12.5. The van der Waals surface area contributed by atoms with Crippen molar-refractivity contribution in [2.75, 3.05) is 26.2 Å². The van der Waals surface area contributed by atoms with Crippen LogP contribution >= 0.6 is 11.3 Å². The summed E-state index contributed by atoms with van der Waals surface area (Å²) in [4.78, 5) is 28.1. The molecule has 1 atom stereocenters. The average Bonchev–Trinajstić information content (AvgIpc) is 3.07. The van der Waals surface area contributed by atoms with E-state index in [-0.39, 0.29) is 22.1 Å². The van der Waals surface area contributed by atoms with Crippen LogP contribution in [0.15, 0.2) is 16.2 Å². The summed E-state index contributed by atoms with van der Waals surface area (Å²) in [5, 5.41) is 13.3. The monoisotopic (exact) mass is 383 g/mol. The number of nitrogens with one attached hydrogen (secondary N) is 1. The van der Waals surface area contributed by atoms with Gasteiger partial charge in [-0.05, 0) is 64.1 Å². The Balaban J connectivity index is 1.77. The molecule has 0 spiro atoms. The zero-order chi connectivity index (χ0) is 23.8. The maximum absolute atomic E-state index is 13.1. The SMILES string of the molecule is [2H]c1cc2c(O)c(C(=O)NCCCN3CCC([2H])([2H])CC3)c(=O)n(C(C)C([2H])([2H])[2H])c2s1. The summed E-state index contributed by atoms with van der Waals surface area (Å²) in [6.07, 6.45) is 0.375. The van der Waals surface area contributed by atoms with E-state index in [0.29, 0.717) is 38.9 Å². The molecule has 3 rings (SSSR count). The summed E-state index contributed by atoms with van der Waals surface area (Å²) in [5.41, 5.74) is -1.44.